The van der Waals surface area contributed by atoms with E-state index in [0.717, 1.165) is 4.90 Å². The molecule has 0 atom stereocenters. The van der Waals surface area contributed by atoms with Crippen LogP contribution in [0.3, 0.4) is 0 Å². The topological polar surface area (TPSA) is 136 Å². The number of hydrogen-bond acceptors (Lipinski definition) is 7. The lowest BCUT2D eigenvalue weighted by Crippen LogP contribution is -2.24. The van der Waals surface area contributed by atoms with Gasteiger partial charge in [-0.05, 0) is 36.8 Å². The highest BCUT2D eigenvalue weighted by molar-refractivity contribution is 6.21. The Morgan fingerprint density at radius 1 is 1.10 bits per heavy atom. The van der Waals surface area contributed by atoms with Crippen LogP contribution in [0.25, 0.3) is 0 Å². The van der Waals surface area contributed by atoms with Crippen LogP contribution in [0.1, 0.15) is 36.6 Å². The third-order valence-electron chi connectivity index (χ3n) is 4.35. The van der Waals surface area contributed by atoms with Crippen molar-refractivity contribution in [3.63, 3.8) is 0 Å². The Labute approximate surface area is 164 Å². The number of rotatable bonds is 5. The molecule has 0 radical (unpaired) electrons. The van der Waals surface area contributed by atoms with Gasteiger partial charge in [0, 0.05) is 24.9 Å². The molecular formula is C19H15N3O7. The number of aryl methyl sites for hydroxylation is 1. The van der Waals surface area contributed by atoms with Gasteiger partial charge in [-0.25, -0.2) is 4.79 Å². The number of carbonyl (C=O) groups excluding carboxylic acids is 4. The van der Waals surface area contributed by atoms with Gasteiger partial charge in [-0.1, -0.05) is 0 Å². The maximum Gasteiger partial charge on any atom is 0.338 e. The maximum atomic E-state index is 12.2. The minimum Gasteiger partial charge on any atom is -0.452 e. The van der Waals surface area contributed by atoms with E-state index in [1.54, 1.807) is 6.92 Å². The van der Waals surface area contributed by atoms with Crippen LogP contribution in [0.5, 0.6) is 0 Å². The number of fused-ring (bicyclic) bond motifs is 1. The number of amides is 3. The molecule has 0 saturated carbocycles. The summed E-state index contributed by atoms with van der Waals surface area (Å²) >= 11 is 0. The Hall–Kier alpha value is -4.08. The number of nitrogens with one attached hydrogen (secondary N) is 1. The van der Waals surface area contributed by atoms with Crippen LogP contribution in [0.15, 0.2) is 36.4 Å². The first-order valence-electron chi connectivity index (χ1n) is 8.37. The largest absolute Gasteiger partial charge is 0.452 e. The molecule has 0 spiro atoms. The van der Waals surface area contributed by atoms with Crippen molar-refractivity contribution in [1.82, 2.24) is 4.90 Å². The fourth-order valence-electron chi connectivity index (χ4n) is 2.79. The van der Waals surface area contributed by atoms with E-state index in [2.05, 4.69) is 5.32 Å². The predicted molar refractivity (Wildman–Crippen MR) is 99.6 cm³/mol. The SMILES string of the molecule is Cc1cc([N+](=O)[O-])ccc1NC(=O)COC(=O)c1ccc2c(c1)C(=O)N(C)C2=O. The zero-order chi connectivity index (χ0) is 21.3. The number of esters is 1. The van der Waals surface area contributed by atoms with Crippen LogP contribution >= 0.6 is 0 Å². The van der Waals surface area contributed by atoms with Crippen molar-refractivity contribution in [3.05, 3.63) is 68.8 Å². The van der Waals surface area contributed by atoms with Gasteiger partial charge >= 0.3 is 5.97 Å². The zero-order valence-corrected chi connectivity index (χ0v) is 15.4. The molecule has 1 heterocycles. The summed E-state index contributed by atoms with van der Waals surface area (Å²) in [5.74, 6) is -2.45. The van der Waals surface area contributed by atoms with Gasteiger partial charge in [-0.3, -0.25) is 29.4 Å². The van der Waals surface area contributed by atoms with Gasteiger partial charge in [0.1, 0.15) is 0 Å². The van der Waals surface area contributed by atoms with Crippen molar-refractivity contribution >= 4 is 35.1 Å². The van der Waals surface area contributed by atoms with Gasteiger partial charge in [0.2, 0.25) is 0 Å². The van der Waals surface area contributed by atoms with Crippen LogP contribution in [-0.4, -0.2) is 47.2 Å². The Morgan fingerprint density at radius 3 is 2.45 bits per heavy atom. The second-order valence-electron chi connectivity index (χ2n) is 6.31. The number of imide groups is 1. The molecule has 0 aliphatic carbocycles. The fraction of sp³-hybridized carbons (Fsp3) is 0.158. The molecule has 2 aromatic rings. The van der Waals surface area contributed by atoms with Crippen LogP contribution in [-0.2, 0) is 9.53 Å². The minimum absolute atomic E-state index is 0.0273. The van der Waals surface area contributed by atoms with E-state index in [4.69, 9.17) is 4.74 Å². The zero-order valence-electron chi connectivity index (χ0n) is 15.4. The van der Waals surface area contributed by atoms with Gasteiger partial charge < -0.3 is 10.1 Å². The average molecular weight is 397 g/mol. The van der Waals surface area contributed by atoms with Gasteiger partial charge in [-0.15, -0.1) is 0 Å². The number of nitro benzene ring substituents is 1. The Morgan fingerprint density at radius 2 is 1.79 bits per heavy atom. The summed E-state index contributed by atoms with van der Waals surface area (Å²) in [6, 6.07) is 7.88. The third-order valence-corrected chi connectivity index (χ3v) is 4.35. The van der Waals surface area contributed by atoms with Crippen LogP contribution in [0.2, 0.25) is 0 Å². The molecule has 0 bridgehead atoms. The van der Waals surface area contributed by atoms with Gasteiger partial charge in [0.15, 0.2) is 6.61 Å². The second kappa shape index (κ2) is 7.50. The number of ether oxygens (including phenoxy) is 1. The number of nitrogens with zero attached hydrogens (tertiary/aromatic N) is 2. The first-order valence-corrected chi connectivity index (χ1v) is 8.37. The summed E-state index contributed by atoms with van der Waals surface area (Å²) < 4.78 is 4.94. The van der Waals surface area contributed by atoms with E-state index in [1.807, 2.05) is 0 Å². The molecule has 10 heteroatoms. The minimum atomic E-state index is -0.835. The molecule has 3 rings (SSSR count). The van der Waals surface area contributed by atoms with E-state index in [-0.39, 0.29) is 22.4 Å². The number of benzene rings is 2. The van der Waals surface area contributed by atoms with E-state index >= 15 is 0 Å². The molecule has 148 valence electrons. The molecule has 29 heavy (non-hydrogen) atoms. The summed E-state index contributed by atoms with van der Waals surface area (Å²) in [5.41, 5.74) is 1.03. The van der Waals surface area contributed by atoms with Crippen LogP contribution in [0.4, 0.5) is 11.4 Å². The summed E-state index contributed by atoms with van der Waals surface area (Å²) in [4.78, 5) is 59.2. The van der Waals surface area contributed by atoms with Gasteiger partial charge in [-0.2, -0.15) is 0 Å². The molecule has 0 aromatic heterocycles. The lowest BCUT2D eigenvalue weighted by atomic mass is 10.1. The van der Waals surface area contributed by atoms with E-state index in [0.29, 0.717) is 11.3 Å². The smallest absolute Gasteiger partial charge is 0.338 e. The number of non-ortho nitro benzene ring substituents is 1. The predicted octanol–water partition coefficient (Wildman–Crippen LogP) is 1.92. The summed E-state index contributed by atoms with van der Waals surface area (Å²) in [6.07, 6.45) is 0. The third kappa shape index (κ3) is 3.81. The Kier molecular flexibility index (Phi) is 5.09. The van der Waals surface area contributed by atoms with E-state index in [1.165, 1.54) is 43.4 Å². The first-order chi connectivity index (χ1) is 13.7. The summed E-state index contributed by atoms with van der Waals surface area (Å²) in [7, 11) is 1.34. The van der Waals surface area contributed by atoms with Crippen molar-refractivity contribution in [3.8, 4) is 0 Å². The van der Waals surface area contributed by atoms with Crippen LogP contribution < -0.4 is 5.32 Å². The lowest BCUT2D eigenvalue weighted by Gasteiger charge is -2.09. The molecule has 2 aromatic carbocycles. The van der Waals surface area contributed by atoms with Crippen molar-refractivity contribution in [2.75, 3.05) is 19.0 Å². The van der Waals surface area contributed by atoms with Gasteiger partial charge in [0.05, 0.1) is 21.6 Å². The van der Waals surface area contributed by atoms with Crippen molar-refractivity contribution in [2.45, 2.75) is 6.92 Å². The first kappa shape index (κ1) is 19.7. The highest BCUT2D eigenvalue weighted by Crippen LogP contribution is 2.23. The number of carbonyl (C=O) groups is 4. The van der Waals surface area contributed by atoms with Gasteiger partial charge in [0.25, 0.3) is 23.4 Å². The maximum absolute atomic E-state index is 12.2. The highest BCUT2D eigenvalue weighted by atomic mass is 16.6. The molecule has 3 amide bonds. The Balaban J connectivity index is 1.63. The lowest BCUT2D eigenvalue weighted by molar-refractivity contribution is -0.384. The molecule has 1 N–H and O–H groups in total. The molecular weight excluding hydrogens is 382 g/mol. The number of hydrogen-bond donors (Lipinski definition) is 1. The molecule has 10 nitrogen and oxygen atoms in total. The standard InChI is InChI=1S/C19H15N3O7/c1-10-7-12(22(27)28)4-6-15(10)20-16(23)9-29-19(26)11-3-5-13-14(8-11)18(25)21(2)17(13)24/h3-8H,9H2,1-2H3,(H,20,23). The summed E-state index contributed by atoms with van der Waals surface area (Å²) in [6.45, 7) is 0.994. The summed E-state index contributed by atoms with van der Waals surface area (Å²) in [5, 5.41) is 13.2. The number of anilines is 1. The normalized spacial score (nSPS) is 12.6. The van der Waals surface area contributed by atoms with E-state index in [9.17, 15) is 29.3 Å². The van der Waals surface area contributed by atoms with Crippen molar-refractivity contribution in [2.24, 2.45) is 0 Å². The van der Waals surface area contributed by atoms with Crippen LogP contribution in [0, 0.1) is 17.0 Å². The fourth-order valence-corrected chi connectivity index (χ4v) is 2.79. The number of nitro groups is 1. The molecule has 1 aliphatic rings. The molecule has 1 aliphatic heterocycles. The average Bonchev–Trinajstić information content (AvgIpc) is 2.91. The quantitative estimate of drug-likeness (QED) is 0.352. The van der Waals surface area contributed by atoms with E-state index < -0.39 is 35.2 Å². The highest BCUT2D eigenvalue weighted by Gasteiger charge is 2.33. The molecule has 0 unspecified atom stereocenters. The van der Waals surface area contributed by atoms with Crippen molar-refractivity contribution in [1.29, 1.82) is 0 Å². The molecule has 0 saturated heterocycles. The van der Waals surface area contributed by atoms with Crippen molar-refractivity contribution < 1.29 is 28.8 Å². The monoisotopic (exact) mass is 397 g/mol. The Bertz CT molecular complexity index is 1080. The molecule has 0 fully saturated rings. The second-order valence-corrected chi connectivity index (χ2v) is 6.31.